The van der Waals surface area contributed by atoms with Crippen LogP contribution in [0.4, 0.5) is 0 Å². The van der Waals surface area contributed by atoms with Gasteiger partial charge in [0, 0.05) is 16.7 Å². The summed E-state index contributed by atoms with van der Waals surface area (Å²) in [4.78, 5) is 42.8. The van der Waals surface area contributed by atoms with Gasteiger partial charge in [-0.05, 0) is 49.2 Å². The molecule has 2 aromatic carbocycles. The lowest BCUT2D eigenvalue weighted by Crippen LogP contribution is -2.40. The summed E-state index contributed by atoms with van der Waals surface area (Å²) >= 11 is 7.67. The van der Waals surface area contributed by atoms with Gasteiger partial charge >= 0.3 is 5.97 Å². The molecular formula is C28H20ClN2O6S-. The molecule has 2 aromatic heterocycles. The standard InChI is InChI=1S/C28H21ClN2O6S/c1-3-36-27(35)23-15(2)30-28-31(24(23)19-9-4-5-10-20(19)29)25(32)22(38-28)14-18-11-12-21(37-18)16-7-6-8-17(13-16)26(33)34/h4-14,24H,3H2,1-2H3,(H,33,34)/p-1/b22-14-/t24-/m1/s1. The van der Waals surface area contributed by atoms with E-state index in [1.54, 1.807) is 68.5 Å². The van der Waals surface area contributed by atoms with E-state index in [4.69, 9.17) is 20.8 Å². The minimum atomic E-state index is -1.29. The zero-order chi connectivity index (χ0) is 27.0. The number of furan rings is 1. The first-order chi connectivity index (χ1) is 18.3. The molecule has 0 saturated carbocycles. The van der Waals surface area contributed by atoms with E-state index in [1.165, 1.54) is 16.7 Å². The average Bonchev–Trinajstić information content (AvgIpc) is 3.48. The Bertz CT molecular complexity index is 1800. The van der Waals surface area contributed by atoms with E-state index >= 15 is 0 Å². The van der Waals surface area contributed by atoms with Crippen LogP contribution in [0.25, 0.3) is 17.4 Å². The largest absolute Gasteiger partial charge is 0.545 e. The maximum Gasteiger partial charge on any atom is 0.338 e. The molecule has 10 heteroatoms. The van der Waals surface area contributed by atoms with Crippen LogP contribution in [0.5, 0.6) is 0 Å². The molecule has 0 amide bonds. The molecule has 38 heavy (non-hydrogen) atoms. The van der Waals surface area contributed by atoms with Gasteiger partial charge in [-0.15, -0.1) is 0 Å². The second kappa shape index (κ2) is 10.3. The minimum Gasteiger partial charge on any atom is -0.545 e. The zero-order valence-corrected chi connectivity index (χ0v) is 21.8. The Morgan fingerprint density at radius 1 is 1.18 bits per heavy atom. The van der Waals surface area contributed by atoms with E-state index in [0.29, 0.717) is 42.7 Å². The summed E-state index contributed by atoms with van der Waals surface area (Å²) in [7, 11) is 0. The number of rotatable bonds is 6. The Labute approximate surface area is 225 Å². The third-order valence-corrected chi connectivity index (χ3v) is 7.33. The molecule has 1 aliphatic heterocycles. The first-order valence-corrected chi connectivity index (χ1v) is 12.8. The Morgan fingerprint density at radius 2 is 1.97 bits per heavy atom. The van der Waals surface area contributed by atoms with Crippen molar-refractivity contribution in [3.8, 4) is 11.3 Å². The average molecular weight is 548 g/mol. The second-order valence-electron chi connectivity index (χ2n) is 8.39. The van der Waals surface area contributed by atoms with Crippen molar-refractivity contribution in [2.24, 2.45) is 4.99 Å². The molecular weight excluding hydrogens is 528 g/mol. The topological polar surface area (TPSA) is 114 Å². The molecule has 0 fully saturated rings. The molecule has 0 aliphatic carbocycles. The third kappa shape index (κ3) is 4.62. The number of ether oxygens (including phenoxy) is 1. The van der Waals surface area contributed by atoms with Gasteiger partial charge in [-0.3, -0.25) is 9.36 Å². The number of carboxylic acid groups (broad SMARTS) is 1. The number of fused-ring (bicyclic) bond motifs is 1. The summed E-state index contributed by atoms with van der Waals surface area (Å²) in [5, 5.41) is 11.6. The highest BCUT2D eigenvalue weighted by Crippen LogP contribution is 2.34. The number of nitrogens with zero attached hydrogens (tertiary/aromatic N) is 2. The van der Waals surface area contributed by atoms with Crippen molar-refractivity contribution in [3.63, 3.8) is 0 Å². The van der Waals surface area contributed by atoms with Crippen LogP contribution in [-0.2, 0) is 9.53 Å². The van der Waals surface area contributed by atoms with Crippen LogP contribution in [-0.4, -0.2) is 23.1 Å². The number of aromatic carboxylic acids is 1. The summed E-state index contributed by atoms with van der Waals surface area (Å²) in [5.41, 5.74) is 1.47. The third-order valence-electron chi connectivity index (χ3n) is 6.00. The normalized spacial score (nSPS) is 15.2. The molecule has 0 unspecified atom stereocenters. The summed E-state index contributed by atoms with van der Waals surface area (Å²) in [6, 6.07) is 15.8. The molecule has 0 bridgehead atoms. The van der Waals surface area contributed by atoms with Gasteiger partial charge in [0.05, 0.1) is 28.4 Å². The molecule has 5 rings (SSSR count). The van der Waals surface area contributed by atoms with Crippen LogP contribution >= 0.6 is 22.9 Å². The van der Waals surface area contributed by atoms with Crippen molar-refractivity contribution in [1.82, 2.24) is 4.57 Å². The van der Waals surface area contributed by atoms with Crippen LogP contribution < -0.4 is 20.0 Å². The predicted molar refractivity (Wildman–Crippen MR) is 140 cm³/mol. The summed E-state index contributed by atoms with van der Waals surface area (Å²) < 4.78 is 13.0. The van der Waals surface area contributed by atoms with E-state index in [9.17, 15) is 19.5 Å². The fourth-order valence-corrected chi connectivity index (χ4v) is 5.56. The van der Waals surface area contributed by atoms with E-state index in [-0.39, 0.29) is 23.3 Å². The van der Waals surface area contributed by atoms with E-state index in [1.807, 2.05) is 0 Å². The van der Waals surface area contributed by atoms with Crippen LogP contribution in [0.2, 0.25) is 5.02 Å². The van der Waals surface area contributed by atoms with Crippen LogP contribution in [0.15, 0.2) is 86.1 Å². The number of esters is 1. The Hall–Kier alpha value is -4.21. The molecule has 4 aromatic rings. The van der Waals surface area contributed by atoms with Gasteiger partial charge < -0.3 is 19.1 Å². The van der Waals surface area contributed by atoms with Gasteiger partial charge in [-0.2, -0.15) is 0 Å². The SMILES string of the molecule is CCOC(=O)C1=C(C)N=c2s/c(=C\c3ccc(-c4cccc(C(=O)[O-])c4)o3)c(=O)n2[C@@H]1c1ccccc1Cl. The second-order valence-corrected chi connectivity index (χ2v) is 9.81. The minimum absolute atomic E-state index is 0.0288. The maximum atomic E-state index is 13.7. The fourth-order valence-electron chi connectivity index (χ4n) is 4.30. The van der Waals surface area contributed by atoms with Crippen molar-refractivity contribution < 1.29 is 23.8 Å². The first-order valence-electron chi connectivity index (χ1n) is 11.6. The molecule has 0 spiro atoms. The summed E-state index contributed by atoms with van der Waals surface area (Å²) in [6.07, 6.45) is 1.59. The molecule has 1 atom stereocenters. The number of halogens is 1. The number of carbonyl (C=O) groups excluding carboxylic acids is 2. The molecule has 0 saturated heterocycles. The maximum absolute atomic E-state index is 13.7. The Kier molecular flexibility index (Phi) is 6.88. The highest BCUT2D eigenvalue weighted by Gasteiger charge is 2.34. The Balaban J connectivity index is 1.63. The summed E-state index contributed by atoms with van der Waals surface area (Å²) in [6.45, 7) is 3.58. The van der Waals surface area contributed by atoms with E-state index in [0.717, 1.165) is 11.3 Å². The highest BCUT2D eigenvalue weighted by molar-refractivity contribution is 7.07. The van der Waals surface area contributed by atoms with Gasteiger partial charge in [-0.25, -0.2) is 9.79 Å². The molecule has 0 radical (unpaired) electrons. The van der Waals surface area contributed by atoms with Crippen LogP contribution in [0.3, 0.4) is 0 Å². The number of hydrogen-bond donors (Lipinski definition) is 0. The first kappa shape index (κ1) is 25.4. The number of carboxylic acids is 1. The number of aromatic nitrogens is 1. The summed E-state index contributed by atoms with van der Waals surface area (Å²) in [5.74, 6) is -1.03. The van der Waals surface area contributed by atoms with Gasteiger partial charge in [0.2, 0.25) is 0 Å². The van der Waals surface area contributed by atoms with E-state index in [2.05, 4.69) is 4.99 Å². The number of thiazole rings is 1. The smallest absolute Gasteiger partial charge is 0.338 e. The molecule has 1 aliphatic rings. The van der Waals surface area contributed by atoms with Gasteiger partial charge in [-0.1, -0.05) is 59.3 Å². The number of carbonyl (C=O) groups is 2. The fraction of sp³-hybridized carbons (Fsp3) is 0.143. The number of benzene rings is 2. The van der Waals surface area contributed by atoms with Crippen molar-refractivity contribution in [1.29, 1.82) is 0 Å². The van der Waals surface area contributed by atoms with Crippen molar-refractivity contribution in [2.75, 3.05) is 6.61 Å². The molecule has 192 valence electrons. The lowest BCUT2D eigenvalue weighted by atomic mass is 9.96. The van der Waals surface area contributed by atoms with Crippen LogP contribution in [0.1, 0.15) is 41.6 Å². The lowest BCUT2D eigenvalue weighted by Gasteiger charge is -2.25. The monoisotopic (exact) mass is 547 g/mol. The van der Waals surface area contributed by atoms with Crippen molar-refractivity contribution >= 4 is 41.0 Å². The number of allylic oxidation sites excluding steroid dienone is 1. The molecule has 3 heterocycles. The number of hydrogen-bond acceptors (Lipinski definition) is 8. The van der Waals surface area contributed by atoms with Crippen LogP contribution in [0, 0.1) is 0 Å². The zero-order valence-electron chi connectivity index (χ0n) is 20.3. The van der Waals surface area contributed by atoms with Gasteiger partial charge in [0.1, 0.15) is 17.6 Å². The quantitative estimate of drug-likeness (QED) is 0.343. The van der Waals surface area contributed by atoms with Crippen molar-refractivity contribution in [3.05, 3.63) is 114 Å². The van der Waals surface area contributed by atoms with Crippen molar-refractivity contribution in [2.45, 2.75) is 19.9 Å². The predicted octanol–water partition coefficient (Wildman–Crippen LogP) is 3.08. The highest BCUT2D eigenvalue weighted by atomic mass is 35.5. The van der Waals surface area contributed by atoms with E-state index < -0.39 is 18.0 Å². The Morgan fingerprint density at radius 3 is 2.71 bits per heavy atom. The molecule has 8 nitrogen and oxygen atoms in total. The molecule has 0 N–H and O–H groups in total. The van der Waals surface area contributed by atoms with Gasteiger partial charge in [0.15, 0.2) is 4.80 Å². The van der Waals surface area contributed by atoms with Gasteiger partial charge in [0.25, 0.3) is 5.56 Å². The lowest BCUT2D eigenvalue weighted by molar-refractivity contribution is -0.255.